The van der Waals surface area contributed by atoms with E-state index in [1.165, 1.54) is 25.2 Å². The summed E-state index contributed by atoms with van der Waals surface area (Å²) in [4.78, 5) is 19.4. The molecule has 6 nitrogen and oxygen atoms in total. The fraction of sp³-hybridized carbons (Fsp3) is 0.583. The molecule has 0 radical (unpaired) electrons. The third kappa shape index (κ3) is 3.66. The van der Waals surface area contributed by atoms with Gasteiger partial charge in [-0.3, -0.25) is 9.78 Å². The van der Waals surface area contributed by atoms with Gasteiger partial charge in [0.2, 0.25) is 0 Å². The number of rotatable bonds is 5. The van der Waals surface area contributed by atoms with Gasteiger partial charge < -0.3 is 15.8 Å². The average molecular weight is 250 g/mol. The number of carbonyl (C=O) groups is 1. The van der Waals surface area contributed by atoms with Gasteiger partial charge in [-0.15, -0.1) is 0 Å². The molecule has 6 heteroatoms. The zero-order valence-corrected chi connectivity index (χ0v) is 10.3. The van der Waals surface area contributed by atoms with E-state index in [1.807, 2.05) is 0 Å². The van der Waals surface area contributed by atoms with Crippen LogP contribution in [-0.2, 0) is 4.74 Å². The Morgan fingerprint density at radius 2 is 2.22 bits per heavy atom. The molecule has 0 aliphatic heterocycles. The van der Waals surface area contributed by atoms with Gasteiger partial charge in [-0.05, 0) is 12.8 Å². The third-order valence-corrected chi connectivity index (χ3v) is 2.93. The summed E-state index contributed by atoms with van der Waals surface area (Å²) in [6.45, 7) is 1.01. The van der Waals surface area contributed by atoms with Crippen LogP contribution in [0.4, 0.5) is 5.82 Å². The van der Waals surface area contributed by atoms with Crippen LogP contribution in [0.25, 0.3) is 0 Å². The van der Waals surface area contributed by atoms with Crippen LogP contribution in [-0.4, -0.2) is 35.1 Å². The maximum absolute atomic E-state index is 11.7. The number of hydrogen-bond donors (Lipinski definition) is 2. The molecule has 0 aromatic carbocycles. The van der Waals surface area contributed by atoms with Crippen molar-refractivity contribution in [2.75, 3.05) is 18.9 Å². The Bertz CT molecular complexity index is 405. The van der Waals surface area contributed by atoms with E-state index < -0.39 is 0 Å². The highest BCUT2D eigenvalue weighted by Gasteiger charge is 2.15. The van der Waals surface area contributed by atoms with Gasteiger partial charge in [0.25, 0.3) is 5.91 Å². The number of carbonyl (C=O) groups excluding carboxylic acids is 1. The number of nitrogens with two attached hydrogens (primary N) is 1. The Labute approximate surface area is 106 Å². The number of ether oxygens (including phenoxy) is 1. The fourth-order valence-electron chi connectivity index (χ4n) is 2.03. The van der Waals surface area contributed by atoms with Crippen LogP contribution in [0.5, 0.6) is 0 Å². The number of nitrogens with one attached hydrogen (secondary N) is 1. The molecule has 98 valence electrons. The lowest BCUT2D eigenvalue weighted by atomic mass is 10.3. The van der Waals surface area contributed by atoms with Crippen molar-refractivity contribution in [3.8, 4) is 0 Å². The molecule has 0 unspecified atom stereocenters. The Hall–Kier alpha value is -1.69. The van der Waals surface area contributed by atoms with Gasteiger partial charge in [-0.2, -0.15) is 0 Å². The van der Waals surface area contributed by atoms with Crippen molar-refractivity contribution in [3.05, 3.63) is 18.1 Å². The van der Waals surface area contributed by atoms with Crippen LogP contribution in [0, 0.1) is 0 Å². The van der Waals surface area contributed by atoms with Crippen LogP contribution < -0.4 is 11.1 Å². The van der Waals surface area contributed by atoms with Gasteiger partial charge in [-0.1, -0.05) is 12.8 Å². The van der Waals surface area contributed by atoms with Gasteiger partial charge in [0.05, 0.1) is 25.1 Å². The molecule has 2 rings (SSSR count). The van der Waals surface area contributed by atoms with E-state index in [0.29, 0.717) is 19.3 Å². The SMILES string of the molecule is Nc1cncc(C(=O)NCCOC2CCCC2)n1. The summed E-state index contributed by atoms with van der Waals surface area (Å²) in [7, 11) is 0. The van der Waals surface area contributed by atoms with Crippen LogP contribution in [0.2, 0.25) is 0 Å². The number of aromatic nitrogens is 2. The summed E-state index contributed by atoms with van der Waals surface area (Å²) >= 11 is 0. The normalized spacial score (nSPS) is 15.8. The van der Waals surface area contributed by atoms with Gasteiger partial charge >= 0.3 is 0 Å². The van der Waals surface area contributed by atoms with E-state index in [4.69, 9.17) is 10.5 Å². The minimum absolute atomic E-state index is 0.232. The fourth-order valence-corrected chi connectivity index (χ4v) is 2.03. The molecule has 0 saturated heterocycles. The highest BCUT2D eigenvalue weighted by Crippen LogP contribution is 2.20. The zero-order valence-electron chi connectivity index (χ0n) is 10.3. The lowest BCUT2D eigenvalue weighted by molar-refractivity contribution is 0.0581. The van der Waals surface area contributed by atoms with Gasteiger partial charge in [0, 0.05) is 6.54 Å². The molecule has 1 aliphatic rings. The smallest absolute Gasteiger partial charge is 0.271 e. The summed E-state index contributed by atoms with van der Waals surface area (Å²) in [6, 6.07) is 0. The average Bonchev–Trinajstić information content (AvgIpc) is 2.87. The highest BCUT2D eigenvalue weighted by atomic mass is 16.5. The van der Waals surface area contributed by atoms with E-state index in [9.17, 15) is 4.79 Å². The topological polar surface area (TPSA) is 90.1 Å². The molecule has 1 aromatic rings. The maximum atomic E-state index is 11.7. The lowest BCUT2D eigenvalue weighted by Crippen LogP contribution is -2.29. The number of nitrogen functional groups attached to an aromatic ring is 1. The molecule has 0 bridgehead atoms. The second-order valence-electron chi connectivity index (χ2n) is 4.36. The number of amides is 1. The van der Waals surface area contributed by atoms with E-state index in [-0.39, 0.29) is 17.4 Å². The van der Waals surface area contributed by atoms with Crippen molar-refractivity contribution >= 4 is 11.7 Å². The second-order valence-corrected chi connectivity index (χ2v) is 4.36. The highest BCUT2D eigenvalue weighted by molar-refractivity contribution is 5.92. The van der Waals surface area contributed by atoms with Crippen molar-refractivity contribution in [1.29, 1.82) is 0 Å². The molecule has 0 atom stereocenters. The van der Waals surface area contributed by atoms with E-state index in [2.05, 4.69) is 15.3 Å². The van der Waals surface area contributed by atoms with Gasteiger partial charge in [0.1, 0.15) is 11.5 Å². The summed E-state index contributed by atoms with van der Waals surface area (Å²) in [6.07, 6.45) is 7.92. The van der Waals surface area contributed by atoms with Crippen molar-refractivity contribution in [2.45, 2.75) is 31.8 Å². The van der Waals surface area contributed by atoms with Gasteiger partial charge in [-0.25, -0.2) is 4.98 Å². The first kappa shape index (κ1) is 12.8. The van der Waals surface area contributed by atoms with Crippen molar-refractivity contribution < 1.29 is 9.53 Å². The predicted molar refractivity (Wildman–Crippen MR) is 67.0 cm³/mol. The Morgan fingerprint density at radius 3 is 2.94 bits per heavy atom. The van der Waals surface area contributed by atoms with E-state index >= 15 is 0 Å². The van der Waals surface area contributed by atoms with Crippen LogP contribution in [0.3, 0.4) is 0 Å². The minimum atomic E-state index is -0.273. The molecular weight excluding hydrogens is 232 g/mol. The van der Waals surface area contributed by atoms with E-state index in [1.54, 1.807) is 0 Å². The van der Waals surface area contributed by atoms with Crippen molar-refractivity contribution in [2.24, 2.45) is 0 Å². The molecule has 1 amide bonds. The Morgan fingerprint density at radius 1 is 1.44 bits per heavy atom. The maximum Gasteiger partial charge on any atom is 0.271 e. The first-order valence-electron chi connectivity index (χ1n) is 6.23. The third-order valence-electron chi connectivity index (χ3n) is 2.93. The van der Waals surface area contributed by atoms with Crippen LogP contribution >= 0.6 is 0 Å². The molecule has 1 aliphatic carbocycles. The summed E-state index contributed by atoms with van der Waals surface area (Å²) in [5, 5.41) is 2.73. The summed E-state index contributed by atoms with van der Waals surface area (Å²) in [5.74, 6) is -0.0327. The van der Waals surface area contributed by atoms with Crippen molar-refractivity contribution in [3.63, 3.8) is 0 Å². The molecular formula is C12H18N4O2. The number of hydrogen-bond acceptors (Lipinski definition) is 5. The Balaban J connectivity index is 1.68. The first-order chi connectivity index (χ1) is 8.75. The minimum Gasteiger partial charge on any atom is -0.382 e. The van der Waals surface area contributed by atoms with Crippen LogP contribution in [0.15, 0.2) is 12.4 Å². The monoisotopic (exact) mass is 250 g/mol. The van der Waals surface area contributed by atoms with Crippen LogP contribution in [0.1, 0.15) is 36.2 Å². The van der Waals surface area contributed by atoms with E-state index in [0.717, 1.165) is 12.8 Å². The number of anilines is 1. The molecule has 1 heterocycles. The van der Waals surface area contributed by atoms with Gasteiger partial charge in [0.15, 0.2) is 0 Å². The molecule has 3 N–H and O–H groups in total. The Kier molecular flexibility index (Phi) is 4.46. The largest absolute Gasteiger partial charge is 0.382 e. The lowest BCUT2D eigenvalue weighted by Gasteiger charge is -2.11. The molecule has 1 aromatic heterocycles. The summed E-state index contributed by atoms with van der Waals surface area (Å²) < 4.78 is 5.64. The zero-order chi connectivity index (χ0) is 12.8. The quantitative estimate of drug-likeness (QED) is 0.752. The number of nitrogens with zero attached hydrogens (tertiary/aromatic N) is 2. The molecule has 0 spiro atoms. The molecule has 18 heavy (non-hydrogen) atoms. The predicted octanol–water partition coefficient (Wildman–Crippen LogP) is 0.748. The summed E-state index contributed by atoms with van der Waals surface area (Å²) in [5.41, 5.74) is 5.69. The van der Waals surface area contributed by atoms with Crippen molar-refractivity contribution in [1.82, 2.24) is 15.3 Å². The molecule has 1 saturated carbocycles. The molecule has 1 fully saturated rings. The second kappa shape index (κ2) is 6.30. The first-order valence-corrected chi connectivity index (χ1v) is 6.23. The standard InChI is InChI=1S/C12H18N4O2/c13-11-8-14-7-10(16-11)12(17)15-5-6-18-9-3-1-2-4-9/h7-9H,1-6H2,(H2,13,16)(H,15,17).